The summed E-state index contributed by atoms with van der Waals surface area (Å²) < 4.78 is 20.2. The molecule has 152 valence electrons. The van der Waals surface area contributed by atoms with Gasteiger partial charge >= 0.3 is 0 Å². The maximum Gasteiger partial charge on any atom is 0.274 e. The normalized spacial score (nSPS) is 12.2. The van der Waals surface area contributed by atoms with E-state index in [1.165, 1.54) is 16.8 Å². The fraction of sp³-hybridized carbons (Fsp3) is 0.167. The van der Waals surface area contributed by atoms with Crippen LogP contribution in [-0.2, 0) is 17.9 Å². The first-order valence-corrected chi connectivity index (χ1v) is 9.67. The maximum absolute atomic E-state index is 13.4. The van der Waals surface area contributed by atoms with Crippen LogP contribution in [0, 0.1) is 5.82 Å². The lowest BCUT2D eigenvalue weighted by atomic mass is 10.1. The summed E-state index contributed by atoms with van der Waals surface area (Å²) in [5, 5.41) is 16.0. The molecular weight excluding hydrogens is 383 g/mol. The molecule has 0 unspecified atom stereocenters. The molecule has 1 aromatic heterocycles. The Labute approximate surface area is 173 Å². The van der Waals surface area contributed by atoms with Crippen LogP contribution in [0.1, 0.15) is 5.56 Å². The summed E-state index contributed by atoms with van der Waals surface area (Å²) in [6.07, 6.45) is -0.902. The molecule has 0 radical (unpaired) electrons. The SMILES string of the molecule is O=c1c2ccccc2c(-c2ccc(F)cc2)nn1C[C@@H](O)COCc1ccccc1. The second-order valence-electron chi connectivity index (χ2n) is 7.04. The van der Waals surface area contributed by atoms with Crippen LogP contribution in [-0.4, -0.2) is 27.6 Å². The highest BCUT2D eigenvalue weighted by Crippen LogP contribution is 2.24. The van der Waals surface area contributed by atoms with E-state index in [-0.39, 0.29) is 24.5 Å². The minimum absolute atomic E-state index is 0.00729. The van der Waals surface area contributed by atoms with Crippen LogP contribution in [0.2, 0.25) is 0 Å². The van der Waals surface area contributed by atoms with Gasteiger partial charge in [0.15, 0.2) is 0 Å². The molecule has 4 aromatic rings. The number of nitrogens with zero attached hydrogens (tertiary/aromatic N) is 2. The van der Waals surface area contributed by atoms with Gasteiger partial charge in [0.05, 0.1) is 36.9 Å². The molecule has 1 N–H and O–H groups in total. The Morgan fingerprint density at radius 1 is 0.933 bits per heavy atom. The van der Waals surface area contributed by atoms with Gasteiger partial charge in [0.25, 0.3) is 5.56 Å². The van der Waals surface area contributed by atoms with Gasteiger partial charge in [-0.1, -0.05) is 48.5 Å². The summed E-state index contributed by atoms with van der Waals surface area (Å²) >= 11 is 0. The van der Waals surface area contributed by atoms with E-state index in [0.29, 0.717) is 28.6 Å². The number of hydrogen-bond acceptors (Lipinski definition) is 4. The van der Waals surface area contributed by atoms with Gasteiger partial charge in [-0.3, -0.25) is 4.79 Å². The zero-order valence-electron chi connectivity index (χ0n) is 16.2. The fourth-order valence-corrected chi connectivity index (χ4v) is 3.32. The Bertz CT molecular complexity index is 1190. The molecule has 5 nitrogen and oxygen atoms in total. The van der Waals surface area contributed by atoms with E-state index in [4.69, 9.17) is 4.74 Å². The average Bonchev–Trinajstić information content (AvgIpc) is 2.77. The van der Waals surface area contributed by atoms with Crippen molar-refractivity contribution in [1.29, 1.82) is 0 Å². The van der Waals surface area contributed by atoms with Crippen LogP contribution in [0.4, 0.5) is 4.39 Å². The van der Waals surface area contributed by atoms with Gasteiger partial charge in [-0.25, -0.2) is 9.07 Å². The molecule has 4 rings (SSSR count). The molecule has 30 heavy (non-hydrogen) atoms. The Balaban J connectivity index is 1.58. The molecule has 0 aliphatic carbocycles. The number of hydrogen-bond donors (Lipinski definition) is 1. The van der Waals surface area contributed by atoms with E-state index >= 15 is 0 Å². The van der Waals surface area contributed by atoms with Crippen molar-refractivity contribution in [2.45, 2.75) is 19.3 Å². The largest absolute Gasteiger partial charge is 0.389 e. The third kappa shape index (κ3) is 4.45. The van der Waals surface area contributed by atoms with Crippen molar-refractivity contribution in [2.75, 3.05) is 6.61 Å². The molecule has 0 saturated carbocycles. The number of benzene rings is 3. The number of halogens is 1. The third-order valence-corrected chi connectivity index (χ3v) is 4.79. The summed E-state index contributed by atoms with van der Waals surface area (Å²) in [5.41, 5.74) is 1.96. The summed E-state index contributed by atoms with van der Waals surface area (Å²) in [7, 11) is 0. The predicted molar refractivity (Wildman–Crippen MR) is 114 cm³/mol. The molecule has 0 fully saturated rings. The van der Waals surface area contributed by atoms with Crippen LogP contribution in [0.25, 0.3) is 22.0 Å². The van der Waals surface area contributed by atoms with Gasteiger partial charge in [-0.15, -0.1) is 0 Å². The minimum Gasteiger partial charge on any atom is -0.389 e. The maximum atomic E-state index is 13.4. The molecule has 1 atom stereocenters. The Morgan fingerprint density at radius 3 is 2.33 bits per heavy atom. The van der Waals surface area contributed by atoms with E-state index < -0.39 is 6.10 Å². The quantitative estimate of drug-likeness (QED) is 0.509. The van der Waals surface area contributed by atoms with E-state index in [1.807, 2.05) is 42.5 Å². The van der Waals surface area contributed by atoms with Crippen LogP contribution < -0.4 is 5.56 Å². The zero-order valence-corrected chi connectivity index (χ0v) is 16.2. The van der Waals surface area contributed by atoms with Crippen molar-refractivity contribution in [2.24, 2.45) is 0 Å². The lowest BCUT2D eigenvalue weighted by molar-refractivity contribution is 0.0181. The summed E-state index contributed by atoms with van der Waals surface area (Å²) in [6.45, 7) is 0.438. The van der Waals surface area contributed by atoms with Crippen molar-refractivity contribution >= 4 is 10.8 Å². The van der Waals surface area contributed by atoms with Gasteiger partial charge in [0.2, 0.25) is 0 Å². The summed E-state index contributed by atoms with van der Waals surface area (Å²) in [5.74, 6) is -0.345. The van der Waals surface area contributed by atoms with E-state index in [1.54, 1.807) is 24.3 Å². The van der Waals surface area contributed by atoms with Gasteiger partial charge in [0, 0.05) is 10.9 Å². The van der Waals surface area contributed by atoms with Gasteiger partial charge in [-0.05, 0) is 35.9 Å². The first-order chi connectivity index (χ1) is 14.6. The van der Waals surface area contributed by atoms with Crippen molar-refractivity contribution in [1.82, 2.24) is 9.78 Å². The molecule has 3 aromatic carbocycles. The van der Waals surface area contributed by atoms with Gasteiger partial charge in [0.1, 0.15) is 5.82 Å². The lowest BCUT2D eigenvalue weighted by Crippen LogP contribution is -2.31. The fourth-order valence-electron chi connectivity index (χ4n) is 3.32. The smallest absolute Gasteiger partial charge is 0.274 e. The second kappa shape index (κ2) is 8.98. The van der Waals surface area contributed by atoms with Crippen LogP contribution in [0.3, 0.4) is 0 Å². The number of fused-ring (bicyclic) bond motifs is 1. The monoisotopic (exact) mass is 404 g/mol. The Kier molecular flexibility index (Phi) is 5.97. The van der Waals surface area contributed by atoms with Crippen molar-refractivity contribution < 1.29 is 14.2 Å². The van der Waals surface area contributed by atoms with Crippen LogP contribution >= 0.6 is 0 Å². The molecule has 0 bridgehead atoms. The second-order valence-corrected chi connectivity index (χ2v) is 7.04. The highest BCUT2D eigenvalue weighted by atomic mass is 19.1. The predicted octanol–water partition coefficient (Wildman–Crippen LogP) is 3.78. The highest BCUT2D eigenvalue weighted by molar-refractivity contribution is 5.93. The Morgan fingerprint density at radius 2 is 1.60 bits per heavy atom. The van der Waals surface area contributed by atoms with Crippen LogP contribution in [0.5, 0.6) is 0 Å². The van der Waals surface area contributed by atoms with Gasteiger partial charge < -0.3 is 9.84 Å². The number of aromatic nitrogens is 2. The number of aliphatic hydroxyl groups excluding tert-OH is 1. The molecule has 0 aliphatic rings. The standard InChI is InChI=1S/C24H21FN2O3/c25-19-12-10-18(11-13-19)23-21-8-4-5-9-22(21)24(29)27(26-23)14-20(28)16-30-15-17-6-2-1-3-7-17/h1-13,20,28H,14-16H2/t20-/m1/s1. The van der Waals surface area contributed by atoms with Crippen molar-refractivity contribution in [3.63, 3.8) is 0 Å². The van der Waals surface area contributed by atoms with Gasteiger partial charge in [-0.2, -0.15) is 5.10 Å². The van der Waals surface area contributed by atoms with E-state index in [9.17, 15) is 14.3 Å². The molecule has 0 aliphatic heterocycles. The topological polar surface area (TPSA) is 64.4 Å². The summed E-state index contributed by atoms with van der Waals surface area (Å²) in [6, 6.07) is 22.7. The molecule has 6 heteroatoms. The van der Waals surface area contributed by atoms with Crippen molar-refractivity contribution in [3.8, 4) is 11.3 Å². The molecule has 1 heterocycles. The Hall–Kier alpha value is -3.35. The van der Waals surface area contributed by atoms with E-state index in [0.717, 1.165) is 5.56 Å². The lowest BCUT2D eigenvalue weighted by Gasteiger charge is -2.15. The molecule has 0 saturated heterocycles. The van der Waals surface area contributed by atoms with E-state index in [2.05, 4.69) is 5.10 Å². The zero-order chi connectivity index (χ0) is 20.9. The molecule has 0 spiro atoms. The number of ether oxygens (including phenoxy) is 1. The molecule has 0 amide bonds. The highest BCUT2D eigenvalue weighted by Gasteiger charge is 2.15. The minimum atomic E-state index is -0.902. The first-order valence-electron chi connectivity index (χ1n) is 9.67. The summed E-state index contributed by atoms with van der Waals surface area (Å²) in [4.78, 5) is 12.9. The third-order valence-electron chi connectivity index (χ3n) is 4.79. The van der Waals surface area contributed by atoms with Crippen LogP contribution in [0.15, 0.2) is 83.7 Å². The average molecular weight is 404 g/mol. The van der Waals surface area contributed by atoms with Crippen molar-refractivity contribution in [3.05, 3.63) is 101 Å². The molecular formula is C24H21FN2O3. The first kappa shape index (κ1) is 19.9. The number of rotatable bonds is 7. The number of aliphatic hydroxyl groups is 1.